The lowest BCUT2D eigenvalue weighted by atomic mass is 9.96. The summed E-state index contributed by atoms with van der Waals surface area (Å²) in [5.74, 6) is 0.320. The molecule has 0 saturated carbocycles. The number of allylic oxidation sites excluding steroid dienone is 1. The van der Waals surface area contributed by atoms with Gasteiger partial charge >= 0.3 is 0 Å². The van der Waals surface area contributed by atoms with Gasteiger partial charge in [-0.05, 0) is 30.7 Å². The molecule has 0 bridgehead atoms. The van der Waals surface area contributed by atoms with Gasteiger partial charge in [0.25, 0.3) is 0 Å². The third-order valence-corrected chi connectivity index (χ3v) is 3.77. The van der Waals surface area contributed by atoms with Crippen LogP contribution in [0.25, 0.3) is 0 Å². The van der Waals surface area contributed by atoms with Crippen LogP contribution in [-0.4, -0.2) is 10.9 Å². The lowest BCUT2D eigenvalue weighted by molar-refractivity contribution is -0.115. The van der Waals surface area contributed by atoms with E-state index in [1.54, 1.807) is 24.4 Å². The lowest BCUT2D eigenvalue weighted by Gasteiger charge is -2.33. The van der Waals surface area contributed by atoms with Crippen molar-refractivity contribution in [2.75, 3.05) is 4.90 Å². The number of anilines is 1. The molecule has 1 heterocycles. The number of benzene rings is 2. The molecule has 106 valence electrons. The number of ketones is 1. The van der Waals surface area contributed by atoms with Gasteiger partial charge in [-0.15, -0.1) is 0 Å². The maximum atomic E-state index is 11.8. The highest BCUT2D eigenvalue weighted by Gasteiger charge is 2.26. The van der Waals surface area contributed by atoms with Gasteiger partial charge in [-0.25, -0.2) is 0 Å². The van der Waals surface area contributed by atoms with Crippen molar-refractivity contribution >= 4 is 11.5 Å². The average molecular weight is 279 g/mol. The summed E-state index contributed by atoms with van der Waals surface area (Å²) in [4.78, 5) is 13.8. The fourth-order valence-electron chi connectivity index (χ4n) is 2.62. The average Bonchev–Trinajstić information content (AvgIpc) is 2.49. The minimum atomic E-state index is -0.0867. The Morgan fingerprint density at radius 2 is 1.81 bits per heavy atom. The molecular weight excluding hydrogens is 262 g/mol. The van der Waals surface area contributed by atoms with Crippen molar-refractivity contribution in [3.63, 3.8) is 0 Å². The third-order valence-electron chi connectivity index (χ3n) is 3.77. The van der Waals surface area contributed by atoms with Crippen LogP contribution in [0.15, 0.2) is 60.8 Å². The number of rotatable bonds is 2. The van der Waals surface area contributed by atoms with E-state index in [0.29, 0.717) is 12.1 Å². The Labute approximate surface area is 124 Å². The number of nitrogens with zero attached hydrogens (tertiary/aromatic N) is 1. The van der Waals surface area contributed by atoms with E-state index in [2.05, 4.69) is 0 Å². The van der Waals surface area contributed by atoms with E-state index < -0.39 is 0 Å². The normalized spacial score (nSPS) is 18.0. The van der Waals surface area contributed by atoms with E-state index in [9.17, 15) is 9.90 Å². The minimum absolute atomic E-state index is 0.0867. The van der Waals surface area contributed by atoms with Crippen LogP contribution in [0.3, 0.4) is 0 Å². The molecule has 0 aliphatic carbocycles. The molecule has 2 aromatic rings. The third kappa shape index (κ3) is 2.68. The summed E-state index contributed by atoms with van der Waals surface area (Å²) in [6.45, 7) is 2.04. The van der Waals surface area contributed by atoms with E-state index in [1.165, 1.54) is 5.56 Å². The molecule has 1 N–H and O–H groups in total. The highest BCUT2D eigenvalue weighted by atomic mass is 16.3. The molecule has 2 aromatic carbocycles. The SMILES string of the molecule is Cc1ccc([C@H]2CC(=O)C=CN2c2ccccc2O)cc1. The van der Waals surface area contributed by atoms with E-state index in [1.807, 2.05) is 48.2 Å². The van der Waals surface area contributed by atoms with Gasteiger partial charge in [0.15, 0.2) is 5.78 Å². The van der Waals surface area contributed by atoms with Crippen LogP contribution < -0.4 is 4.90 Å². The van der Waals surface area contributed by atoms with E-state index >= 15 is 0 Å². The molecule has 1 aliphatic rings. The van der Waals surface area contributed by atoms with Crippen molar-refractivity contribution < 1.29 is 9.90 Å². The first-order chi connectivity index (χ1) is 10.1. The van der Waals surface area contributed by atoms with Crippen molar-refractivity contribution in [1.29, 1.82) is 0 Å². The topological polar surface area (TPSA) is 40.5 Å². The largest absolute Gasteiger partial charge is 0.506 e. The number of para-hydroxylation sites is 2. The zero-order chi connectivity index (χ0) is 14.8. The fraction of sp³-hybridized carbons (Fsp3) is 0.167. The number of carbonyl (C=O) groups is 1. The van der Waals surface area contributed by atoms with Gasteiger partial charge in [-0.2, -0.15) is 0 Å². The second kappa shape index (κ2) is 5.44. The van der Waals surface area contributed by atoms with Crippen LogP contribution >= 0.6 is 0 Å². The van der Waals surface area contributed by atoms with Crippen molar-refractivity contribution in [2.24, 2.45) is 0 Å². The van der Waals surface area contributed by atoms with E-state index in [4.69, 9.17) is 0 Å². The summed E-state index contributed by atoms with van der Waals surface area (Å²) >= 11 is 0. The Morgan fingerprint density at radius 3 is 2.52 bits per heavy atom. The number of aromatic hydroxyl groups is 1. The molecule has 0 aromatic heterocycles. The minimum Gasteiger partial charge on any atom is -0.506 e. The number of phenols is 1. The van der Waals surface area contributed by atoms with Crippen molar-refractivity contribution in [3.05, 3.63) is 71.9 Å². The first kappa shape index (κ1) is 13.4. The summed E-state index contributed by atoms with van der Waals surface area (Å²) < 4.78 is 0. The number of hydrogen-bond donors (Lipinski definition) is 1. The van der Waals surface area contributed by atoms with Crippen molar-refractivity contribution in [2.45, 2.75) is 19.4 Å². The molecule has 0 fully saturated rings. The molecule has 0 spiro atoms. The summed E-state index contributed by atoms with van der Waals surface area (Å²) in [6.07, 6.45) is 3.73. The highest BCUT2D eigenvalue weighted by molar-refractivity contribution is 5.92. The first-order valence-electron chi connectivity index (χ1n) is 6.99. The second-order valence-corrected chi connectivity index (χ2v) is 5.31. The van der Waals surface area contributed by atoms with Gasteiger partial charge in [-0.3, -0.25) is 4.79 Å². The molecule has 0 saturated heterocycles. The molecule has 1 aliphatic heterocycles. The smallest absolute Gasteiger partial charge is 0.159 e. The van der Waals surface area contributed by atoms with Crippen LogP contribution in [0, 0.1) is 6.92 Å². The molecule has 1 atom stereocenters. The molecule has 0 unspecified atom stereocenters. The summed E-state index contributed by atoms with van der Waals surface area (Å²) in [5, 5.41) is 10.1. The second-order valence-electron chi connectivity index (χ2n) is 5.31. The van der Waals surface area contributed by atoms with Gasteiger partial charge in [0.1, 0.15) is 5.75 Å². The van der Waals surface area contributed by atoms with Crippen LogP contribution in [0.5, 0.6) is 5.75 Å². The molecule has 3 heteroatoms. The van der Waals surface area contributed by atoms with Crippen molar-refractivity contribution in [3.8, 4) is 5.75 Å². The van der Waals surface area contributed by atoms with Gasteiger partial charge in [-0.1, -0.05) is 42.0 Å². The molecular formula is C18H17NO2. The number of carbonyl (C=O) groups excluding carboxylic acids is 1. The zero-order valence-corrected chi connectivity index (χ0v) is 11.9. The van der Waals surface area contributed by atoms with E-state index in [-0.39, 0.29) is 17.6 Å². The standard InChI is InChI=1S/C18H17NO2/c1-13-6-8-14(9-7-13)17-12-15(20)10-11-19(17)16-4-2-3-5-18(16)21/h2-11,17,21H,12H2,1H3/t17-/m1/s1. The molecule has 21 heavy (non-hydrogen) atoms. The summed E-state index contributed by atoms with van der Waals surface area (Å²) in [5.41, 5.74) is 2.97. The Hall–Kier alpha value is -2.55. The lowest BCUT2D eigenvalue weighted by Crippen LogP contribution is -2.29. The molecule has 0 amide bonds. The monoisotopic (exact) mass is 279 g/mol. The Kier molecular flexibility index (Phi) is 3.48. The van der Waals surface area contributed by atoms with Gasteiger partial charge in [0, 0.05) is 12.6 Å². The summed E-state index contributed by atoms with van der Waals surface area (Å²) in [7, 11) is 0. The predicted octanol–water partition coefficient (Wildman–Crippen LogP) is 3.73. The molecule has 3 nitrogen and oxygen atoms in total. The predicted molar refractivity (Wildman–Crippen MR) is 83.3 cm³/mol. The first-order valence-corrected chi connectivity index (χ1v) is 6.99. The number of aryl methyl sites for hydroxylation is 1. The van der Waals surface area contributed by atoms with Gasteiger partial charge < -0.3 is 10.0 Å². The van der Waals surface area contributed by atoms with Gasteiger partial charge in [0.05, 0.1) is 11.7 Å². The number of phenolic OH excluding ortho intramolecular Hbond substituents is 1. The van der Waals surface area contributed by atoms with Crippen LogP contribution in [0.1, 0.15) is 23.6 Å². The van der Waals surface area contributed by atoms with Crippen LogP contribution in [0.2, 0.25) is 0 Å². The Balaban J connectivity index is 2.04. The van der Waals surface area contributed by atoms with Crippen molar-refractivity contribution in [1.82, 2.24) is 0 Å². The van der Waals surface area contributed by atoms with Crippen LogP contribution in [0.4, 0.5) is 5.69 Å². The maximum Gasteiger partial charge on any atom is 0.159 e. The number of hydrogen-bond acceptors (Lipinski definition) is 3. The molecule has 3 rings (SSSR count). The maximum absolute atomic E-state index is 11.8. The zero-order valence-electron chi connectivity index (χ0n) is 11.9. The quantitative estimate of drug-likeness (QED) is 0.910. The van der Waals surface area contributed by atoms with Crippen LogP contribution in [-0.2, 0) is 4.79 Å². The molecule has 0 radical (unpaired) electrons. The highest BCUT2D eigenvalue weighted by Crippen LogP contribution is 2.37. The fourth-order valence-corrected chi connectivity index (χ4v) is 2.62. The Morgan fingerprint density at radius 1 is 1.10 bits per heavy atom. The summed E-state index contributed by atoms with van der Waals surface area (Å²) in [6, 6.07) is 15.3. The van der Waals surface area contributed by atoms with E-state index in [0.717, 1.165) is 5.56 Å². The van der Waals surface area contributed by atoms with Gasteiger partial charge in [0.2, 0.25) is 0 Å². The Bertz CT molecular complexity index is 689.